The van der Waals surface area contributed by atoms with Gasteiger partial charge in [0.1, 0.15) is 4.70 Å². The number of benzene rings is 2. The molecule has 1 N–H and O–H groups in total. The van der Waals surface area contributed by atoms with Gasteiger partial charge in [0.05, 0.1) is 17.0 Å². The van der Waals surface area contributed by atoms with Gasteiger partial charge >= 0.3 is 0 Å². The number of rotatable bonds is 6. The van der Waals surface area contributed by atoms with E-state index in [1.54, 1.807) is 16.7 Å². The van der Waals surface area contributed by atoms with E-state index in [0.29, 0.717) is 26.9 Å². The quantitative estimate of drug-likeness (QED) is 0.314. The number of fused-ring (bicyclic) bond motifs is 1. The second-order valence-corrected chi connectivity index (χ2v) is 9.50. The molecule has 0 aliphatic carbocycles. The molecule has 0 unspecified atom stereocenters. The van der Waals surface area contributed by atoms with E-state index in [1.165, 1.54) is 23.1 Å². The van der Waals surface area contributed by atoms with Crippen LogP contribution in [0.4, 0.5) is 0 Å². The van der Waals surface area contributed by atoms with E-state index in [1.807, 2.05) is 49.6 Å². The van der Waals surface area contributed by atoms with Crippen molar-refractivity contribution in [2.45, 2.75) is 25.5 Å². The zero-order valence-corrected chi connectivity index (χ0v) is 19.4. The van der Waals surface area contributed by atoms with Crippen LogP contribution in [0, 0.1) is 13.8 Å². The van der Waals surface area contributed by atoms with Crippen LogP contribution >= 0.6 is 34.7 Å². The minimum Gasteiger partial charge on any atom is -0.351 e. The Morgan fingerprint density at radius 3 is 2.55 bits per heavy atom. The lowest BCUT2D eigenvalue weighted by atomic mass is 10.1. The predicted molar refractivity (Wildman–Crippen MR) is 129 cm³/mol. The van der Waals surface area contributed by atoms with Gasteiger partial charge in [-0.2, -0.15) is 0 Å². The molecule has 4 rings (SSSR count). The fraction of sp³-hybridized carbons (Fsp3) is 0.174. The summed E-state index contributed by atoms with van der Waals surface area (Å²) in [5.41, 5.74) is 4.38. The van der Waals surface area contributed by atoms with Crippen molar-refractivity contribution in [3.8, 4) is 5.69 Å². The maximum atomic E-state index is 13.2. The van der Waals surface area contributed by atoms with E-state index in [4.69, 9.17) is 11.6 Å². The molecule has 1 amide bonds. The predicted octanol–water partition coefficient (Wildman–Crippen LogP) is 5.13. The SMILES string of the molecule is Cc1cc(C)cc(-n2c(SCC(=O)NCc3ccc(Cl)cc3)nc3ccsc3c2=O)c1. The molecule has 0 aliphatic rings. The topological polar surface area (TPSA) is 64.0 Å². The molecule has 2 aromatic heterocycles. The van der Waals surface area contributed by atoms with E-state index < -0.39 is 0 Å². The minimum atomic E-state index is -0.133. The van der Waals surface area contributed by atoms with E-state index in [0.717, 1.165) is 22.4 Å². The van der Waals surface area contributed by atoms with Crippen LogP contribution in [0.5, 0.6) is 0 Å². The third kappa shape index (κ3) is 5.01. The van der Waals surface area contributed by atoms with Crippen molar-refractivity contribution in [2.24, 2.45) is 0 Å². The normalized spacial score (nSPS) is 11.1. The fourth-order valence-electron chi connectivity index (χ4n) is 3.28. The molecule has 0 atom stereocenters. The van der Waals surface area contributed by atoms with Gasteiger partial charge < -0.3 is 5.32 Å². The largest absolute Gasteiger partial charge is 0.351 e. The van der Waals surface area contributed by atoms with Crippen LogP contribution in [-0.4, -0.2) is 21.2 Å². The number of thiophene rings is 1. The summed E-state index contributed by atoms with van der Waals surface area (Å²) in [5.74, 6) is 0.0205. The van der Waals surface area contributed by atoms with E-state index in [9.17, 15) is 9.59 Å². The zero-order valence-electron chi connectivity index (χ0n) is 17.0. The third-order valence-electron chi connectivity index (χ3n) is 4.65. The van der Waals surface area contributed by atoms with Crippen LogP contribution in [0.1, 0.15) is 16.7 Å². The number of thioether (sulfide) groups is 1. The van der Waals surface area contributed by atoms with E-state index >= 15 is 0 Å². The van der Waals surface area contributed by atoms with Gasteiger partial charge in [-0.25, -0.2) is 4.98 Å². The first-order valence-electron chi connectivity index (χ1n) is 9.63. The van der Waals surface area contributed by atoms with Crippen molar-refractivity contribution in [1.29, 1.82) is 0 Å². The van der Waals surface area contributed by atoms with Crippen molar-refractivity contribution in [2.75, 3.05) is 5.75 Å². The average Bonchev–Trinajstić information content (AvgIpc) is 3.20. The number of halogens is 1. The molecule has 0 saturated heterocycles. The van der Waals surface area contributed by atoms with Gasteiger partial charge in [-0.1, -0.05) is 41.6 Å². The highest BCUT2D eigenvalue weighted by Gasteiger charge is 2.16. The highest BCUT2D eigenvalue weighted by Crippen LogP contribution is 2.24. The van der Waals surface area contributed by atoms with E-state index in [2.05, 4.69) is 16.4 Å². The smallest absolute Gasteiger partial charge is 0.276 e. The summed E-state index contributed by atoms with van der Waals surface area (Å²) in [4.78, 5) is 30.3. The van der Waals surface area contributed by atoms with Crippen LogP contribution in [0.2, 0.25) is 5.02 Å². The van der Waals surface area contributed by atoms with Crippen molar-refractivity contribution < 1.29 is 4.79 Å². The number of hydrogen-bond donors (Lipinski definition) is 1. The summed E-state index contributed by atoms with van der Waals surface area (Å²) in [7, 11) is 0. The molecule has 0 aliphatic heterocycles. The Bertz CT molecular complexity index is 1290. The van der Waals surface area contributed by atoms with Crippen molar-refractivity contribution in [3.05, 3.63) is 86.0 Å². The maximum Gasteiger partial charge on any atom is 0.276 e. The molecule has 0 saturated carbocycles. The fourth-order valence-corrected chi connectivity index (χ4v) is 5.01. The number of hydrogen-bond acceptors (Lipinski definition) is 5. The maximum absolute atomic E-state index is 13.2. The van der Waals surface area contributed by atoms with Gasteiger partial charge in [0, 0.05) is 11.6 Å². The van der Waals surface area contributed by atoms with Crippen LogP contribution in [0.15, 0.2) is 63.9 Å². The van der Waals surface area contributed by atoms with Gasteiger partial charge in [0.15, 0.2) is 5.16 Å². The Labute approximate surface area is 193 Å². The molecule has 0 bridgehead atoms. The molecule has 2 heterocycles. The van der Waals surface area contributed by atoms with Gasteiger partial charge in [0.25, 0.3) is 5.56 Å². The summed E-state index contributed by atoms with van der Waals surface area (Å²) in [6.45, 7) is 4.41. The Morgan fingerprint density at radius 2 is 1.84 bits per heavy atom. The Morgan fingerprint density at radius 1 is 1.13 bits per heavy atom. The molecule has 2 aromatic carbocycles. The Balaban J connectivity index is 1.58. The van der Waals surface area contributed by atoms with Crippen LogP contribution in [0.25, 0.3) is 15.9 Å². The lowest BCUT2D eigenvalue weighted by Gasteiger charge is -2.13. The summed E-state index contributed by atoms with van der Waals surface area (Å²) in [6.07, 6.45) is 0. The number of carbonyl (C=O) groups is 1. The van der Waals surface area contributed by atoms with Crippen LogP contribution in [0.3, 0.4) is 0 Å². The lowest BCUT2D eigenvalue weighted by Crippen LogP contribution is -2.26. The first-order chi connectivity index (χ1) is 14.9. The summed E-state index contributed by atoms with van der Waals surface area (Å²) in [5, 5.41) is 5.92. The Kier molecular flexibility index (Phi) is 6.46. The molecule has 0 radical (unpaired) electrons. The lowest BCUT2D eigenvalue weighted by molar-refractivity contribution is -0.118. The Hall–Kier alpha value is -2.61. The molecule has 158 valence electrons. The van der Waals surface area contributed by atoms with Gasteiger partial charge in [-0.15, -0.1) is 11.3 Å². The number of amides is 1. The highest BCUT2D eigenvalue weighted by atomic mass is 35.5. The molecule has 0 spiro atoms. The number of carbonyl (C=O) groups excluding carboxylic acids is 1. The van der Waals surface area contributed by atoms with Crippen LogP contribution in [-0.2, 0) is 11.3 Å². The van der Waals surface area contributed by atoms with Crippen molar-refractivity contribution in [1.82, 2.24) is 14.9 Å². The number of nitrogens with zero attached hydrogens (tertiary/aromatic N) is 2. The third-order valence-corrected chi connectivity index (χ3v) is 6.73. The highest BCUT2D eigenvalue weighted by molar-refractivity contribution is 7.99. The molecular formula is C23H20ClN3O2S2. The average molecular weight is 470 g/mol. The minimum absolute atomic E-state index is 0.117. The summed E-state index contributed by atoms with van der Waals surface area (Å²) >= 11 is 8.53. The van der Waals surface area contributed by atoms with Crippen LogP contribution < -0.4 is 10.9 Å². The summed E-state index contributed by atoms with van der Waals surface area (Å²) in [6, 6.07) is 15.1. The molecular weight excluding hydrogens is 450 g/mol. The van der Waals surface area contributed by atoms with Gasteiger partial charge in [0.2, 0.25) is 5.91 Å². The second-order valence-electron chi connectivity index (χ2n) is 7.21. The first-order valence-corrected chi connectivity index (χ1v) is 11.9. The summed E-state index contributed by atoms with van der Waals surface area (Å²) < 4.78 is 2.21. The number of nitrogens with one attached hydrogen (secondary N) is 1. The van der Waals surface area contributed by atoms with Crippen molar-refractivity contribution >= 4 is 50.8 Å². The first kappa shape index (κ1) is 21.6. The standard InChI is InChI=1S/C23H20ClN3O2S2/c1-14-9-15(2)11-18(10-14)27-22(29)21-19(7-8-30-21)26-23(27)31-13-20(28)25-12-16-3-5-17(24)6-4-16/h3-11H,12-13H2,1-2H3,(H,25,28). The monoisotopic (exact) mass is 469 g/mol. The zero-order chi connectivity index (χ0) is 22.0. The number of aryl methyl sites for hydroxylation is 2. The molecule has 31 heavy (non-hydrogen) atoms. The van der Waals surface area contributed by atoms with Gasteiger partial charge in [-0.05, 0) is 66.2 Å². The van der Waals surface area contributed by atoms with E-state index in [-0.39, 0.29) is 17.2 Å². The molecule has 8 heteroatoms. The van der Waals surface area contributed by atoms with Crippen molar-refractivity contribution in [3.63, 3.8) is 0 Å². The number of aromatic nitrogens is 2. The molecule has 5 nitrogen and oxygen atoms in total. The molecule has 4 aromatic rings. The van der Waals surface area contributed by atoms with Gasteiger partial charge in [-0.3, -0.25) is 14.2 Å². The second kappa shape index (κ2) is 9.26. The molecule has 0 fully saturated rings.